The summed E-state index contributed by atoms with van der Waals surface area (Å²) in [4.78, 5) is 32.3. The number of hydrogen-bond donors (Lipinski definition) is 1. The van der Waals surface area contributed by atoms with Gasteiger partial charge in [-0.15, -0.1) is 0 Å². The zero-order chi connectivity index (χ0) is 16.7. The van der Waals surface area contributed by atoms with E-state index in [0.717, 1.165) is 27.1 Å². The number of halogens is 2. The van der Waals surface area contributed by atoms with Crippen LogP contribution in [0.4, 0.5) is 11.4 Å². The molecule has 0 aromatic heterocycles. The standard InChI is InChI=1S/C11H12I2N4O5/c12-3-5-15(6-4-13)14-11(18)9-2-1-8(16(19)20)7-10(9)17(21)22/h1-2,7H,3-6H2,(H,14,18). The lowest BCUT2D eigenvalue weighted by Crippen LogP contribution is -2.44. The smallest absolute Gasteiger partial charge is 0.285 e. The molecule has 0 saturated carbocycles. The second-order valence-electron chi connectivity index (χ2n) is 4.02. The highest BCUT2D eigenvalue weighted by molar-refractivity contribution is 14.1. The average molecular weight is 534 g/mol. The zero-order valence-electron chi connectivity index (χ0n) is 11.2. The minimum atomic E-state index is -0.803. The van der Waals surface area contributed by atoms with Gasteiger partial charge in [0.1, 0.15) is 5.56 Å². The summed E-state index contributed by atoms with van der Waals surface area (Å²) in [6.45, 7) is 1.19. The summed E-state index contributed by atoms with van der Waals surface area (Å²) in [5.74, 6) is -0.656. The number of non-ortho nitro benzene ring substituents is 1. The summed E-state index contributed by atoms with van der Waals surface area (Å²) in [5, 5.41) is 23.4. The molecule has 1 aromatic rings. The predicted octanol–water partition coefficient (Wildman–Crippen LogP) is 2.32. The summed E-state index contributed by atoms with van der Waals surface area (Å²) >= 11 is 4.31. The highest BCUT2D eigenvalue weighted by Crippen LogP contribution is 2.24. The normalized spacial score (nSPS) is 10.5. The molecule has 1 N–H and O–H groups in total. The van der Waals surface area contributed by atoms with Crippen molar-refractivity contribution >= 4 is 62.5 Å². The van der Waals surface area contributed by atoms with Gasteiger partial charge in [0.05, 0.1) is 15.9 Å². The molecular formula is C11H12I2N4O5. The lowest BCUT2D eigenvalue weighted by molar-refractivity contribution is -0.394. The van der Waals surface area contributed by atoms with Gasteiger partial charge in [0.2, 0.25) is 0 Å². The van der Waals surface area contributed by atoms with Crippen molar-refractivity contribution < 1.29 is 14.6 Å². The van der Waals surface area contributed by atoms with Gasteiger partial charge in [-0.1, -0.05) is 45.2 Å². The first-order chi connectivity index (χ1) is 10.4. The molecule has 0 unspecified atom stereocenters. The Morgan fingerprint density at radius 2 is 1.73 bits per heavy atom. The van der Waals surface area contributed by atoms with Crippen LogP contribution in [0.25, 0.3) is 0 Å². The van der Waals surface area contributed by atoms with Crippen molar-refractivity contribution in [3.63, 3.8) is 0 Å². The molecule has 0 saturated heterocycles. The van der Waals surface area contributed by atoms with Crippen LogP contribution in [0, 0.1) is 20.2 Å². The zero-order valence-corrected chi connectivity index (χ0v) is 15.5. The molecule has 0 fully saturated rings. The Balaban J connectivity index is 3.06. The van der Waals surface area contributed by atoms with Crippen molar-refractivity contribution in [2.75, 3.05) is 21.9 Å². The van der Waals surface area contributed by atoms with E-state index in [9.17, 15) is 25.0 Å². The molecule has 0 atom stereocenters. The maximum absolute atomic E-state index is 12.2. The van der Waals surface area contributed by atoms with E-state index in [1.54, 1.807) is 5.01 Å². The van der Waals surface area contributed by atoms with Crippen LogP contribution in [-0.4, -0.2) is 42.7 Å². The Morgan fingerprint density at radius 1 is 1.14 bits per heavy atom. The highest BCUT2D eigenvalue weighted by Gasteiger charge is 2.24. The Morgan fingerprint density at radius 3 is 2.18 bits per heavy atom. The molecule has 0 spiro atoms. The van der Waals surface area contributed by atoms with Crippen LogP contribution in [0.1, 0.15) is 10.4 Å². The number of hydrogen-bond acceptors (Lipinski definition) is 6. The molecule has 0 aliphatic carbocycles. The van der Waals surface area contributed by atoms with E-state index in [1.807, 2.05) is 0 Å². The van der Waals surface area contributed by atoms with Crippen LogP contribution in [0.3, 0.4) is 0 Å². The minimum Gasteiger partial charge on any atom is -0.285 e. The number of carbonyl (C=O) groups excluding carboxylic acids is 1. The first-order valence-electron chi connectivity index (χ1n) is 6.01. The van der Waals surface area contributed by atoms with Crippen LogP contribution in [0.5, 0.6) is 0 Å². The summed E-state index contributed by atoms with van der Waals surface area (Å²) in [7, 11) is 0. The number of amides is 1. The second kappa shape index (κ2) is 9.14. The van der Waals surface area contributed by atoms with Crippen LogP contribution in [-0.2, 0) is 0 Å². The maximum atomic E-state index is 12.2. The van der Waals surface area contributed by atoms with Gasteiger partial charge in [-0.3, -0.25) is 30.4 Å². The maximum Gasteiger partial charge on any atom is 0.289 e. The van der Waals surface area contributed by atoms with Gasteiger partial charge in [-0.25, -0.2) is 5.01 Å². The summed E-state index contributed by atoms with van der Waals surface area (Å²) in [6.07, 6.45) is 0. The lowest BCUT2D eigenvalue weighted by atomic mass is 10.1. The summed E-state index contributed by atoms with van der Waals surface area (Å²) < 4.78 is 1.55. The van der Waals surface area contributed by atoms with Crippen molar-refractivity contribution in [1.29, 1.82) is 0 Å². The molecule has 1 rings (SSSR count). The number of nitrogens with zero attached hydrogens (tertiary/aromatic N) is 3. The fraction of sp³-hybridized carbons (Fsp3) is 0.364. The number of alkyl halides is 2. The van der Waals surface area contributed by atoms with E-state index >= 15 is 0 Å². The minimum absolute atomic E-state index is 0.206. The number of nitro groups is 2. The topological polar surface area (TPSA) is 119 Å². The molecule has 0 bridgehead atoms. The van der Waals surface area contributed by atoms with E-state index in [-0.39, 0.29) is 5.56 Å². The quantitative estimate of drug-likeness (QED) is 0.237. The van der Waals surface area contributed by atoms with Gasteiger partial charge >= 0.3 is 0 Å². The number of benzene rings is 1. The van der Waals surface area contributed by atoms with E-state index in [4.69, 9.17) is 0 Å². The van der Waals surface area contributed by atoms with Crippen molar-refractivity contribution in [3.05, 3.63) is 44.0 Å². The fourth-order valence-corrected chi connectivity index (χ4v) is 2.77. The lowest BCUT2D eigenvalue weighted by Gasteiger charge is -2.21. The van der Waals surface area contributed by atoms with Gasteiger partial charge in [0.15, 0.2) is 0 Å². The molecule has 0 aliphatic rings. The van der Waals surface area contributed by atoms with Crippen molar-refractivity contribution in [1.82, 2.24) is 10.4 Å². The molecule has 0 radical (unpaired) electrons. The first kappa shape index (κ1) is 19.0. The molecular weight excluding hydrogens is 522 g/mol. The van der Waals surface area contributed by atoms with Gasteiger partial charge in [0, 0.05) is 28.0 Å². The third-order valence-electron chi connectivity index (χ3n) is 2.60. The van der Waals surface area contributed by atoms with Crippen molar-refractivity contribution in [2.24, 2.45) is 0 Å². The molecule has 1 aromatic carbocycles. The van der Waals surface area contributed by atoms with E-state index in [2.05, 4.69) is 50.6 Å². The SMILES string of the molecule is O=C(NN(CCI)CCI)c1ccc([N+](=O)[O-])cc1[N+](=O)[O-]. The van der Waals surface area contributed by atoms with E-state index < -0.39 is 27.1 Å². The highest BCUT2D eigenvalue weighted by atomic mass is 127. The average Bonchev–Trinajstić information content (AvgIpc) is 2.46. The predicted molar refractivity (Wildman–Crippen MR) is 96.6 cm³/mol. The number of hydrazine groups is 1. The van der Waals surface area contributed by atoms with Crippen LogP contribution < -0.4 is 5.43 Å². The van der Waals surface area contributed by atoms with Gasteiger partial charge in [-0.2, -0.15) is 0 Å². The van der Waals surface area contributed by atoms with Gasteiger partial charge < -0.3 is 0 Å². The molecule has 1 amide bonds. The van der Waals surface area contributed by atoms with Crippen LogP contribution in [0.15, 0.2) is 18.2 Å². The van der Waals surface area contributed by atoms with Gasteiger partial charge in [-0.05, 0) is 6.07 Å². The second-order valence-corrected chi connectivity index (χ2v) is 6.18. The summed E-state index contributed by atoms with van der Waals surface area (Å²) in [5.41, 5.74) is 1.37. The number of rotatable bonds is 8. The third kappa shape index (κ3) is 5.28. The van der Waals surface area contributed by atoms with Crippen LogP contribution >= 0.6 is 45.2 Å². The van der Waals surface area contributed by atoms with E-state index in [1.165, 1.54) is 0 Å². The van der Waals surface area contributed by atoms with Crippen molar-refractivity contribution in [3.8, 4) is 0 Å². The Kier molecular flexibility index (Phi) is 7.88. The largest absolute Gasteiger partial charge is 0.289 e. The molecule has 11 heteroatoms. The Hall–Kier alpha value is -1.09. The van der Waals surface area contributed by atoms with Crippen molar-refractivity contribution in [2.45, 2.75) is 0 Å². The molecule has 9 nitrogen and oxygen atoms in total. The third-order valence-corrected chi connectivity index (χ3v) is 3.57. The van der Waals surface area contributed by atoms with Crippen LogP contribution in [0.2, 0.25) is 0 Å². The van der Waals surface area contributed by atoms with E-state index in [0.29, 0.717) is 13.1 Å². The van der Waals surface area contributed by atoms with Gasteiger partial charge in [0.25, 0.3) is 17.3 Å². The summed E-state index contributed by atoms with van der Waals surface area (Å²) in [6, 6.07) is 2.96. The molecule has 120 valence electrons. The number of nitro benzene ring substituents is 2. The monoisotopic (exact) mass is 534 g/mol. The first-order valence-corrected chi connectivity index (χ1v) is 9.06. The fourth-order valence-electron chi connectivity index (χ4n) is 1.61. The Labute approximate surface area is 153 Å². The number of carbonyl (C=O) groups is 1. The number of nitrogens with one attached hydrogen (secondary N) is 1. The molecule has 0 heterocycles. The molecule has 0 aliphatic heterocycles. The molecule has 22 heavy (non-hydrogen) atoms. The Bertz CT molecular complexity index is 578.